The van der Waals surface area contributed by atoms with Crippen LogP contribution in [-0.4, -0.2) is 50.8 Å². The fraction of sp³-hybridized carbons (Fsp3) is 0.643. The minimum atomic E-state index is 0.173. The topological polar surface area (TPSA) is 38.8 Å². The molecule has 1 aromatic heterocycles. The van der Waals surface area contributed by atoms with E-state index >= 15 is 0 Å². The van der Waals surface area contributed by atoms with Crippen molar-refractivity contribution in [2.45, 2.75) is 13.3 Å². The highest BCUT2D eigenvalue weighted by Gasteiger charge is 2.28. The lowest BCUT2D eigenvalue weighted by atomic mass is 10.1. The first kappa shape index (κ1) is 14.5. The maximum Gasteiger partial charge on any atom is 0.264 e. The van der Waals surface area contributed by atoms with Gasteiger partial charge in [-0.25, -0.2) is 0 Å². The zero-order chi connectivity index (χ0) is 13.7. The molecule has 2 heterocycles. The lowest BCUT2D eigenvalue weighted by Gasteiger charge is -2.16. The lowest BCUT2D eigenvalue weighted by Crippen LogP contribution is -2.29. The Morgan fingerprint density at radius 3 is 3.05 bits per heavy atom. The molecular weight excluding hydrogens is 262 g/mol. The van der Waals surface area contributed by atoms with Crippen molar-refractivity contribution in [2.75, 3.05) is 40.0 Å². The van der Waals surface area contributed by atoms with E-state index in [1.54, 1.807) is 7.11 Å². The second-order valence-corrected chi connectivity index (χ2v) is 5.82. The number of aryl methyl sites for hydroxylation is 1. The molecule has 0 radical (unpaired) electrons. The van der Waals surface area contributed by atoms with Crippen molar-refractivity contribution in [3.8, 4) is 0 Å². The van der Waals surface area contributed by atoms with E-state index in [2.05, 4.69) is 0 Å². The molecule has 0 aliphatic carbocycles. The fourth-order valence-corrected chi connectivity index (χ4v) is 3.17. The van der Waals surface area contributed by atoms with Gasteiger partial charge in [0, 0.05) is 26.1 Å². The second-order valence-electron chi connectivity index (χ2n) is 4.91. The molecule has 0 aromatic carbocycles. The van der Waals surface area contributed by atoms with E-state index in [1.807, 2.05) is 23.3 Å². The number of amides is 1. The van der Waals surface area contributed by atoms with Gasteiger partial charge in [0.25, 0.3) is 5.91 Å². The maximum absolute atomic E-state index is 12.3. The molecular formula is C14H21NO3S. The van der Waals surface area contributed by atoms with Gasteiger partial charge < -0.3 is 14.4 Å². The first-order valence-corrected chi connectivity index (χ1v) is 7.50. The number of hydrogen-bond acceptors (Lipinski definition) is 4. The van der Waals surface area contributed by atoms with Crippen LogP contribution in [0, 0.1) is 12.8 Å². The van der Waals surface area contributed by atoms with Gasteiger partial charge in [-0.05, 0) is 30.4 Å². The van der Waals surface area contributed by atoms with Crippen LogP contribution in [-0.2, 0) is 9.47 Å². The minimum Gasteiger partial charge on any atom is -0.382 e. The zero-order valence-corrected chi connectivity index (χ0v) is 12.4. The smallest absolute Gasteiger partial charge is 0.264 e. The van der Waals surface area contributed by atoms with E-state index in [4.69, 9.17) is 9.47 Å². The summed E-state index contributed by atoms with van der Waals surface area (Å²) in [5.74, 6) is 0.632. The van der Waals surface area contributed by atoms with E-state index in [0.29, 0.717) is 19.1 Å². The average molecular weight is 283 g/mol. The van der Waals surface area contributed by atoms with Gasteiger partial charge in [0.05, 0.1) is 24.7 Å². The third-order valence-corrected chi connectivity index (χ3v) is 4.42. The molecule has 0 unspecified atom stereocenters. The fourth-order valence-electron chi connectivity index (χ4n) is 2.28. The summed E-state index contributed by atoms with van der Waals surface area (Å²) in [5, 5.41) is 1.98. The van der Waals surface area contributed by atoms with Gasteiger partial charge in [-0.2, -0.15) is 0 Å². The summed E-state index contributed by atoms with van der Waals surface area (Å²) in [7, 11) is 1.67. The number of hydrogen-bond donors (Lipinski definition) is 0. The minimum absolute atomic E-state index is 0.173. The summed E-state index contributed by atoms with van der Waals surface area (Å²) in [5.41, 5.74) is 1.08. The van der Waals surface area contributed by atoms with Gasteiger partial charge in [0.1, 0.15) is 0 Å². The van der Waals surface area contributed by atoms with E-state index in [0.717, 1.165) is 36.6 Å². The first-order chi connectivity index (χ1) is 9.22. The second kappa shape index (κ2) is 7.03. The molecule has 1 atom stereocenters. The first-order valence-electron chi connectivity index (χ1n) is 6.62. The molecule has 1 aliphatic rings. The van der Waals surface area contributed by atoms with Gasteiger partial charge in [-0.1, -0.05) is 0 Å². The number of carbonyl (C=O) groups is 1. The largest absolute Gasteiger partial charge is 0.382 e. The molecule has 1 saturated heterocycles. The highest BCUT2D eigenvalue weighted by molar-refractivity contribution is 7.12. The van der Waals surface area contributed by atoms with Crippen molar-refractivity contribution in [3.63, 3.8) is 0 Å². The molecule has 106 valence electrons. The molecule has 4 nitrogen and oxygen atoms in total. The van der Waals surface area contributed by atoms with Crippen LogP contribution in [0.15, 0.2) is 11.4 Å². The van der Waals surface area contributed by atoms with Crippen molar-refractivity contribution in [3.05, 3.63) is 21.9 Å². The number of ether oxygens (including phenoxy) is 2. The summed E-state index contributed by atoms with van der Waals surface area (Å²) < 4.78 is 10.5. The van der Waals surface area contributed by atoms with Crippen molar-refractivity contribution >= 4 is 17.2 Å². The van der Waals surface area contributed by atoms with Crippen LogP contribution < -0.4 is 0 Å². The summed E-state index contributed by atoms with van der Waals surface area (Å²) in [6, 6.07) is 2.00. The molecule has 0 spiro atoms. The van der Waals surface area contributed by atoms with Crippen molar-refractivity contribution in [1.29, 1.82) is 0 Å². The summed E-state index contributed by atoms with van der Waals surface area (Å²) in [6.45, 7) is 5.62. The molecule has 0 saturated carbocycles. The Kier molecular flexibility index (Phi) is 5.36. The Labute approximate surface area is 118 Å². The predicted molar refractivity (Wildman–Crippen MR) is 75.8 cm³/mol. The molecule has 0 bridgehead atoms. The van der Waals surface area contributed by atoms with Gasteiger partial charge >= 0.3 is 0 Å². The Morgan fingerprint density at radius 1 is 1.53 bits per heavy atom. The molecule has 1 aromatic rings. The van der Waals surface area contributed by atoms with Gasteiger partial charge in [0.2, 0.25) is 0 Å². The van der Waals surface area contributed by atoms with E-state index < -0.39 is 0 Å². The van der Waals surface area contributed by atoms with Crippen molar-refractivity contribution in [1.82, 2.24) is 4.90 Å². The van der Waals surface area contributed by atoms with Gasteiger partial charge in [-0.3, -0.25) is 4.79 Å². The number of carbonyl (C=O) groups excluding carboxylic acids is 1. The maximum atomic E-state index is 12.3. The Bertz CT molecular complexity index is 419. The monoisotopic (exact) mass is 283 g/mol. The number of likely N-dealkylation sites (tertiary alicyclic amines) is 1. The molecule has 1 aliphatic heterocycles. The molecule has 1 fully saturated rings. The summed E-state index contributed by atoms with van der Waals surface area (Å²) in [6.07, 6.45) is 1.03. The third kappa shape index (κ3) is 3.78. The number of nitrogens with zero attached hydrogens (tertiary/aromatic N) is 1. The third-order valence-electron chi connectivity index (χ3n) is 3.41. The molecule has 5 heteroatoms. The lowest BCUT2D eigenvalue weighted by molar-refractivity contribution is 0.0516. The number of methoxy groups -OCH3 is 1. The predicted octanol–water partition coefficient (Wildman–Crippen LogP) is 2.18. The Hall–Kier alpha value is -0.910. The van der Waals surface area contributed by atoms with Crippen LogP contribution >= 0.6 is 11.3 Å². The molecule has 19 heavy (non-hydrogen) atoms. The van der Waals surface area contributed by atoms with Crippen molar-refractivity contribution in [2.24, 2.45) is 5.92 Å². The van der Waals surface area contributed by atoms with Crippen LogP contribution in [0.5, 0.6) is 0 Å². The Balaban J connectivity index is 1.78. The van der Waals surface area contributed by atoms with Gasteiger partial charge in [-0.15, -0.1) is 11.3 Å². The highest BCUT2D eigenvalue weighted by Crippen LogP contribution is 2.23. The Morgan fingerprint density at radius 2 is 2.37 bits per heavy atom. The zero-order valence-electron chi connectivity index (χ0n) is 11.6. The molecule has 1 amide bonds. The number of thiophene rings is 1. The summed E-state index contributed by atoms with van der Waals surface area (Å²) >= 11 is 1.53. The SMILES string of the molecule is COCCOC[C@H]1CCN(C(=O)c2sccc2C)C1. The van der Waals surface area contributed by atoms with Crippen LogP contribution in [0.3, 0.4) is 0 Å². The summed E-state index contributed by atoms with van der Waals surface area (Å²) in [4.78, 5) is 15.1. The van der Waals surface area contributed by atoms with E-state index in [-0.39, 0.29) is 5.91 Å². The van der Waals surface area contributed by atoms with Crippen LogP contribution in [0.25, 0.3) is 0 Å². The van der Waals surface area contributed by atoms with Crippen molar-refractivity contribution < 1.29 is 14.3 Å². The van der Waals surface area contributed by atoms with Crippen LogP contribution in [0.2, 0.25) is 0 Å². The highest BCUT2D eigenvalue weighted by atomic mass is 32.1. The molecule has 0 N–H and O–H groups in total. The van der Waals surface area contributed by atoms with Crippen LogP contribution in [0.1, 0.15) is 21.7 Å². The number of rotatable bonds is 6. The molecule has 2 rings (SSSR count). The average Bonchev–Trinajstić information content (AvgIpc) is 3.03. The standard InChI is InChI=1S/C14H21NO3S/c1-11-4-8-19-13(11)14(16)15-5-3-12(9-15)10-18-7-6-17-2/h4,8,12H,3,5-7,9-10H2,1-2H3/t12-/m0/s1. The van der Waals surface area contributed by atoms with E-state index in [9.17, 15) is 4.79 Å². The quantitative estimate of drug-likeness (QED) is 0.751. The normalized spacial score (nSPS) is 19.1. The van der Waals surface area contributed by atoms with Crippen LogP contribution in [0.4, 0.5) is 0 Å². The van der Waals surface area contributed by atoms with E-state index in [1.165, 1.54) is 11.3 Å². The van der Waals surface area contributed by atoms with Gasteiger partial charge in [0.15, 0.2) is 0 Å².